The van der Waals surface area contributed by atoms with E-state index in [1.54, 1.807) is 18.2 Å². The van der Waals surface area contributed by atoms with Crippen LogP contribution in [0.2, 0.25) is 0 Å². The quantitative estimate of drug-likeness (QED) is 0.0571. The molecule has 47 heavy (non-hydrogen) atoms. The Bertz CT molecular complexity index is 918. The summed E-state index contributed by atoms with van der Waals surface area (Å²) in [6.07, 6.45) is 7.38. The largest absolute Gasteiger partial charge is 0.463 e. The Morgan fingerprint density at radius 1 is 0.489 bits per heavy atom. The van der Waals surface area contributed by atoms with E-state index in [0.717, 1.165) is 12.8 Å². The van der Waals surface area contributed by atoms with Gasteiger partial charge in [-0.3, -0.25) is 8.98 Å². The summed E-state index contributed by atoms with van der Waals surface area (Å²) in [6.45, 7) is 9.11. The third-order valence-corrected chi connectivity index (χ3v) is 7.65. The normalized spacial score (nSPS) is 11.7. The second-order valence-corrected chi connectivity index (χ2v) is 11.8. The van der Waals surface area contributed by atoms with Gasteiger partial charge in [-0.2, -0.15) is 8.42 Å². The van der Waals surface area contributed by atoms with Crippen LogP contribution >= 0.6 is 0 Å². The summed E-state index contributed by atoms with van der Waals surface area (Å²) < 4.78 is 77.4. The van der Waals surface area contributed by atoms with Gasteiger partial charge in [0.1, 0.15) is 6.61 Å². The van der Waals surface area contributed by atoms with E-state index in [0.29, 0.717) is 106 Å². The van der Waals surface area contributed by atoms with Crippen molar-refractivity contribution < 1.29 is 60.0 Å². The zero-order valence-corrected chi connectivity index (χ0v) is 29.1. The highest BCUT2D eigenvalue weighted by Crippen LogP contribution is 2.11. The summed E-state index contributed by atoms with van der Waals surface area (Å²) in [5, 5.41) is 0. The van der Waals surface area contributed by atoms with Gasteiger partial charge in [-0.25, -0.2) is 0 Å². The average Bonchev–Trinajstić information content (AvgIpc) is 3.08. The van der Waals surface area contributed by atoms with Gasteiger partial charge in [0.05, 0.1) is 117 Å². The Kier molecular flexibility index (Phi) is 30.2. The number of carbonyl (C=O) groups excluding carboxylic acids is 1. The smallest absolute Gasteiger partial charge is 0.305 e. The van der Waals surface area contributed by atoms with Crippen LogP contribution in [-0.4, -0.2) is 133 Å². The molecule has 0 heterocycles. The van der Waals surface area contributed by atoms with E-state index in [9.17, 15) is 13.2 Å². The van der Waals surface area contributed by atoms with Crippen molar-refractivity contribution in [3.63, 3.8) is 0 Å². The van der Waals surface area contributed by atoms with Gasteiger partial charge >= 0.3 is 5.97 Å². The Hall–Kier alpha value is -1.72. The third-order valence-electron chi connectivity index (χ3n) is 6.33. The summed E-state index contributed by atoms with van der Waals surface area (Å²) >= 11 is 0. The lowest BCUT2D eigenvalue weighted by Gasteiger charge is -2.09. The molecule has 0 bridgehead atoms. The van der Waals surface area contributed by atoms with E-state index in [2.05, 4.69) is 6.92 Å². The van der Waals surface area contributed by atoms with Crippen molar-refractivity contribution in [2.75, 3.05) is 119 Å². The summed E-state index contributed by atoms with van der Waals surface area (Å²) in [5.41, 5.74) is 0. The number of unbranched alkanes of at least 4 members (excludes halogenated alkanes) is 5. The first-order chi connectivity index (χ1) is 23.1. The molecule has 0 aromatic heterocycles. The molecule has 0 aliphatic rings. The van der Waals surface area contributed by atoms with Crippen molar-refractivity contribution in [2.24, 2.45) is 0 Å². The number of carbonyl (C=O) groups is 1. The lowest BCUT2D eigenvalue weighted by Crippen LogP contribution is -2.16. The maximum atomic E-state index is 12.0. The van der Waals surface area contributed by atoms with Crippen LogP contribution in [0.15, 0.2) is 35.2 Å². The fourth-order valence-corrected chi connectivity index (χ4v) is 4.75. The Balaban J connectivity index is 1.68. The van der Waals surface area contributed by atoms with Crippen LogP contribution in [0.25, 0.3) is 0 Å². The highest BCUT2D eigenvalue weighted by atomic mass is 32.2. The molecule has 14 heteroatoms. The summed E-state index contributed by atoms with van der Waals surface area (Å²) in [6, 6.07) is 7.97. The number of hydrogen-bond acceptors (Lipinski definition) is 13. The average molecular weight is 695 g/mol. The first-order valence-corrected chi connectivity index (χ1v) is 18.2. The van der Waals surface area contributed by atoms with Crippen LogP contribution in [0, 0.1) is 0 Å². The molecule has 0 atom stereocenters. The second-order valence-electron chi connectivity index (χ2n) is 10.2. The van der Waals surface area contributed by atoms with Crippen molar-refractivity contribution in [3.05, 3.63) is 30.3 Å². The van der Waals surface area contributed by atoms with Crippen LogP contribution in [0.3, 0.4) is 0 Å². The van der Waals surface area contributed by atoms with Crippen LogP contribution in [0.5, 0.6) is 0 Å². The molecule has 0 radical (unpaired) electrons. The Morgan fingerprint density at radius 2 is 0.851 bits per heavy atom. The van der Waals surface area contributed by atoms with Gasteiger partial charge in [0.15, 0.2) is 0 Å². The van der Waals surface area contributed by atoms with Gasteiger partial charge in [-0.15, -0.1) is 0 Å². The first kappa shape index (κ1) is 43.3. The molecule has 0 N–H and O–H groups in total. The third kappa shape index (κ3) is 29.0. The SMILES string of the molecule is CCCCCCCCC(=O)OCCOCCOCCOCCOCCOCCOCCOCCOCCOS(=O)(=O)c1ccccc1. The molecule has 0 saturated carbocycles. The molecule has 0 aliphatic carbocycles. The van der Waals surface area contributed by atoms with Crippen LogP contribution in [0.1, 0.15) is 51.9 Å². The summed E-state index contributed by atoms with van der Waals surface area (Å²) in [4.78, 5) is 11.8. The Labute approximate surface area is 281 Å². The molecule has 1 aromatic carbocycles. The fourth-order valence-electron chi connectivity index (χ4n) is 3.84. The van der Waals surface area contributed by atoms with Crippen molar-refractivity contribution in [1.29, 1.82) is 0 Å². The molecule has 1 rings (SSSR count). The number of esters is 1. The van der Waals surface area contributed by atoms with Crippen molar-refractivity contribution in [2.45, 2.75) is 56.8 Å². The zero-order chi connectivity index (χ0) is 33.9. The van der Waals surface area contributed by atoms with E-state index < -0.39 is 10.1 Å². The van der Waals surface area contributed by atoms with E-state index >= 15 is 0 Å². The van der Waals surface area contributed by atoms with E-state index in [4.69, 9.17) is 46.8 Å². The lowest BCUT2D eigenvalue weighted by atomic mass is 10.1. The van der Waals surface area contributed by atoms with Crippen molar-refractivity contribution in [3.8, 4) is 0 Å². The molecule has 1 aromatic rings. The number of rotatable bonds is 36. The highest BCUT2D eigenvalue weighted by molar-refractivity contribution is 7.86. The van der Waals surface area contributed by atoms with Crippen LogP contribution in [-0.2, 0) is 61.7 Å². The standard InChI is InChI=1S/C33H58O13S/c1-2-3-4-5-6-10-13-33(34)45-30-28-43-26-24-41-22-20-39-18-16-37-14-15-38-17-19-40-21-23-42-25-27-44-29-31-46-47(35,36)32-11-8-7-9-12-32/h7-9,11-12H,2-6,10,13-31H2,1H3. The van der Waals surface area contributed by atoms with E-state index in [1.807, 2.05) is 0 Å². The van der Waals surface area contributed by atoms with E-state index in [-0.39, 0.29) is 30.7 Å². The van der Waals surface area contributed by atoms with Gasteiger partial charge in [-0.05, 0) is 18.6 Å². The summed E-state index contributed by atoms with van der Waals surface area (Å²) in [5.74, 6) is -0.152. The molecule has 0 unspecified atom stereocenters. The van der Waals surface area contributed by atoms with Crippen molar-refractivity contribution >= 4 is 16.1 Å². The maximum absolute atomic E-state index is 12.0. The van der Waals surface area contributed by atoms with Crippen molar-refractivity contribution in [1.82, 2.24) is 0 Å². The molecule has 13 nitrogen and oxygen atoms in total. The monoisotopic (exact) mass is 694 g/mol. The molecule has 0 spiro atoms. The first-order valence-electron chi connectivity index (χ1n) is 16.8. The van der Waals surface area contributed by atoms with Gasteiger partial charge in [0, 0.05) is 6.42 Å². The molecule has 0 amide bonds. The van der Waals surface area contributed by atoms with Crippen LogP contribution < -0.4 is 0 Å². The number of hydrogen-bond donors (Lipinski definition) is 0. The van der Waals surface area contributed by atoms with Crippen LogP contribution in [0.4, 0.5) is 0 Å². The van der Waals surface area contributed by atoms with Gasteiger partial charge in [-0.1, -0.05) is 57.2 Å². The molecule has 274 valence electrons. The Morgan fingerprint density at radius 3 is 1.28 bits per heavy atom. The molecular weight excluding hydrogens is 636 g/mol. The summed E-state index contributed by atoms with van der Waals surface area (Å²) in [7, 11) is -3.76. The predicted molar refractivity (Wildman–Crippen MR) is 175 cm³/mol. The number of ether oxygens (including phenoxy) is 9. The lowest BCUT2D eigenvalue weighted by molar-refractivity contribution is -0.145. The maximum Gasteiger partial charge on any atom is 0.305 e. The molecule has 0 saturated heterocycles. The van der Waals surface area contributed by atoms with E-state index in [1.165, 1.54) is 37.8 Å². The molecular formula is C33H58O13S. The minimum atomic E-state index is -3.76. The fraction of sp³-hybridized carbons (Fsp3) is 0.788. The minimum absolute atomic E-state index is 0.0604. The minimum Gasteiger partial charge on any atom is -0.463 e. The predicted octanol–water partition coefficient (Wildman–Crippen LogP) is 3.82. The molecule has 0 fully saturated rings. The second kappa shape index (κ2) is 32.8. The van der Waals surface area contributed by atoms with Gasteiger partial charge < -0.3 is 42.6 Å². The topological polar surface area (TPSA) is 144 Å². The molecule has 0 aliphatic heterocycles. The van der Waals surface area contributed by atoms with Gasteiger partial charge in [0.2, 0.25) is 0 Å². The highest BCUT2D eigenvalue weighted by Gasteiger charge is 2.13. The zero-order valence-electron chi connectivity index (χ0n) is 28.3. The van der Waals surface area contributed by atoms with Gasteiger partial charge in [0.25, 0.3) is 10.1 Å². The number of benzene rings is 1.